The third-order valence-corrected chi connectivity index (χ3v) is 5.84. The Morgan fingerprint density at radius 2 is 2.14 bits per heavy atom. The molecule has 0 aromatic heterocycles. The third-order valence-electron chi connectivity index (χ3n) is 5.84. The number of hydrogen-bond acceptors (Lipinski definition) is 2. The van der Waals surface area contributed by atoms with Crippen LogP contribution in [0, 0.1) is 5.92 Å². The van der Waals surface area contributed by atoms with E-state index in [4.69, 9.17) is 0 Å². The van der Waals surface area contributed by atoms with E-state index >= 15 is 0 Å². The number of piperidine rings is 1. The Bertz CT molecular complexity index is 579. The highest BCUT2D eigenvalue weighted by atomic mass is 35.5. The van der Waals surface area contributed by atoms with Gasteiger partial charge in [-0.3, -0.25) is 4.90 Å². The molecule has 1 aromatic carbocycles. The summed E-state index contributed by atoms with van der Waals surface area (Å²) in [6.07, 6.45) is 4.64. The minimum absolute atomic E-state index is 0. The Morgan fingerprint density at radius 1 is 1.41 bits per heavy atom. The summed E-state index contributed by atoms with van der Waals surface area (Å²) in [5.41, 5.74) is 4.42. The molecular formula is C19H28ClNO. The summed E-state index contributed by atoms with van der Waals surface area (Å²) in [5, 5.41) is 9.87. The molecule has 1 fully saturated rings. The second-order valence-electron chi connectivity index (χ2n) is 7.35. The van der Waals surface area contributed by atoms with Crippen molar-refractivity contribution in [1.29, 1.82) is 0 Å². The molecular weight excluding hydrogens is 294 g/mol. The number of halogens is 1. The number of phenols is 1. The molecule has 0 radical (unpaired) electrons. The summed E-state index contributed by atoms with van der Waals surface area (Å²) < 4.78 is 0. The molecule has 0 spiro atoms. The van der Waals surface area contributed by atoms with Gasteiger partial charge in [0.1, 0.15) is 5.75 Å². The van der Waals surface area contributed by atoms with Crippen molar-refractivity contribution in [2.45, 2.75) is 52.0 Å². The van der Waals surface area contributed by atoms with Gasteiger partial charge in [-0.25, -0.2) is 0 Å². The predicted molar refractivity (Wildman–Crippen MR) is 95.0 cm³/mol. The van der Waals surface area contributed by atoms with Crippen molar-refractivity contribution in [2.75, 3.05) is 13.1 Å². The standard InChI is InChI=1S/C19H27NO.ClH/c1-13(2)7-9-20-10-8-19(4)14(3)18(20)11-15-5-6-16(21)12-17(15)19;/h5-7,12,14,18,21H,8-11H2,1-4H3;1H/t14?,18-,19-;/m0./s1. The van der Waals surface area contributed by atoms with Gasteiger partial charge in [0.2, 0.25) is 0 Å². The molecule has 1 aliphatic heterocycles. The van der Waals surface area contributed by atoms with Gasteiger partial charge < -0.3 is 5.11 Å². The van der Waals surface area contributed by atoms with Crippen LogP contribution >= 0.6 is 12.4 Å². The monoisotopic (exact) mass is 321 g/mol. The van der Waals surface area contributed by atoms with Gasteiger partial charge in [0.25, 0.3) is 0 Å². The van der Waals surface area contributed by atoms with Gasteiger partial charge in [-0.05, 0) is 67.8 Å². The molecule has 122 valence electrons. The molecule has 2 bridgehead atoms. The van der Waals surface area contributed by atoms with Crippen LogP contribution in [0.5, 0.6) is 5.75 Å². The predicted octanol–water partition coefficient (Wildman–Crippen LogP) is 4.30. The van der Waals surface area contributed by atoms with Crippen LogP contribution in [0.4, 0.5) is 0 Å². The van der Waals surface area contributed by atoms with Crippen LogP contribution in [0.25, 0.3) is 0 Å². The van der Waals surface area contributed by atoms with Crippen molar-refractivity contribution >= 4 is 12.4 Å². The quantitative estimate of drug-likeness (QED) is 0.821. The summed E-state index contributed by atoms with van der Waals surface area (Å²) in [6, 6.07) is 6.60. The van der Waals surface area contributed by atoms with E-state index in [1.165, 1.54) is 23.1 Å². The maximum atomic E-state index is 9.87. The summed E-state index contributed by atoms with van der Waals surface area (Å²) in [7, 11) is 0. The van der Waals surface area contributed by atoms with Gasteiger partial charge in [-0.2, -0.15) is 0 Å². The van der Waals surface area contributed by atoms with Crippen molar-refractivity contribution in [2.24, 2.45) is 5.92 Å². The Hall–Kier alpha value is -0.990. The van der Waals surface area contributed by atoms with Crippen LogP contribution in [-0.4, -0.2) is 29.1 Å². The highest BCUT2D eigenvalue weighted by Crippen LogP contribution is 2.49. The number of allylic oxidation sites excluding steroid dienone is 1. The van der Waals surface area contributed by atoms with Gasteiger partial charge >= 0.3 is 0 Å². The van der Waals surface area contributed by atoms with E-state index < -0.39 is 0 Å². The van der Waals surface area contributed by atoms with Crippen LogP contribution in [0.2, 0.25) is 0 Å². The van der Waals surface area contributed by atoms with E-state index in [9.17, 15) is 5.11 Å². The van der Waals surface area contributed by atoms with Crippen LogP contribution in [0.1, 0.15) is 45.2 Å². The molecule has 0 amide bonds. The lowest BCUT2D eigenvalue weighted by atomic mass is 9.59. The summed E-state index contributed by atoms with van der Waals surface area (Å²) >= 11 is 0. The van der Waals surface area contributed by atoms with Crippen LogP contribution < -0.4 is 0 Å². The fraction of sp³-hybridized carbons (Fsp3) is 0.579. The van der Waals surface area contributed by atoms with Crippen molar-refractivity contribution in [3.05, 3.63) is 41.0 Å². The average molecular weight is 322 g/mol. The molecule has 1 N–H and O–H groups in total. The van der Waals surface area contributed by atoms with E-state index in [2.05, 4.69) is 44.7 Å². The maximum absolute atomic E-state index is 9.87. The van der Waals surface area contributed by atoms with Crippen molar-refractivity contribution < 1.29 is 5.11 Å². The lowest BCUT2D eigenvalue weighted by Gasteiger charge is -2.54. The molecule has 0 saturated carbocycles. The van der Waals surface area contributed by atoms with Gasteiger partial charge in [-0.15, -0.1) is 12.4 Å². The molecule has 1 unspecified atom stereocenters. The SMILES string of the molecule is CC(C)=CCN1CC[C@]2(C)c3cc(O)ccc3C[C@H]1C2C.Cl. The number of rotatable bonds is 2. The normalized spacial score (nSPS) is 30.2. The Morgan fingerprint density at radius 3 is 2.82 bits per heavy atom. The first-order valence-corrected chi connectivity index (χ1v) is 8.11. The second kappa shape index (κ2) is 6.25. The molecule has 22 heavy (non-hydrogen) atoms. The number of aromatic hydroxyl groups is 1. The Balaban J connectivity index is 0.00000176. The first-order valence-electron chi connectivity index (χ1n) is 8.11. The lowest BCUT2D eigenvalue weighted by molar-refractivity contribution is 0.0397. The highest BCUT2D eigenvalue weighted by molar-refractivity contribution is 5.85. The zero-order valence-corrected chi connectivity index (χ0v) is 14.9. The lowest BCUT2D eigenvalue weighted by Crippen LogP contribution is -2.57. The number of likely N-dealkylation sites (tertiary alicyclic amines) is 1. The van der Waals surface area contributed by atoms with E-state index in [-0.39, 0.29) is 17.8 Å². The molecule has 3 rings (SSSR count). The summed E-state index contributed by atoms with van der Waals surface area (Å²) in [6.45, 7) is 11.4. The second-order valence-corrected chi connectivity index (χ2v) is 7.35. The van der Waals surface area contributed by atoms with E-state index in [0.717, 1.165) is 19.5 Å². The number of nitrogens with zero attached hydrogens (tertiary/aromatic N) is 1. The zero-order chi connectivity index (χ0) is 15.2. The molecule has 1 saturated heterocycles. The largest absolute Gasteiger partial charge is 0.508 e. The summed E-state index contributed by atoms with van der Waals surface area (Å²) in [4.78, 5) is 2.65. The van der Waals surface area contributed by atoms with E-state index in [1.54, 1.807) is 0 Å². The molecule has 3 atom stereocenters. The van der Waals surface area contributed by atoms with Crippen LogP contribution in [-0.2, 0) is 11.8 Å². The number of fused-ring (bicyclic) bond motifs is 4. The van der Waals surface area contributed by atoms with Crippen molar-refractivity contribution in [3.8, 4) is 5.75 Å². The minimum Gasteiger partial charge on any atom is -0.508 e. The van der Waals surface area contributed by atoms with Gasteiger partial charge in [0.15, 0.2) is 0 Å². The van der Waals surface area contributed by atoms with Gasteiger partial charge in [0, 0.05) is 12.6 Å². The van der Waals surface area contributed by atoms with Gasteiger partial charge in [0.05, 0.1) is 0 Å². The zero-order valence-electron chi connectivity index (χ0n) is 14.1. The number of benzene rings is 1. The van der Waals surface area contributed by atoms with E-state index in [0.29, 0.717) is 17.7 Å². The van der Waals surface area contributed by atoms with Crippen molar-refractivity contribution in [1.82, 2.24) is 4.90 Å². The summed E-state index contributed by atoms with van der Waals surface area (Å²) in [5.74, 6) is 1.04. The van der Waals surface area contributed by atoms with Crippen LogP contribution in [0.15, 0.2) is 29.8 Å². The minimum atomic E-state index is 0. The van der Waals surface area contributed by atoms with E-state index in [1.807, 2.05) is 12.1 Å². The Kier molecular flexibility index (Phi) is 4.93. The Labute approximate surface area is 140 Å². The molecule has 1 aliphatic carbocycles. The fourth-order valence-electron chi connectivity index (χ4n) is 4.22. The molecule has 1 heterocycles. The molecule has 2 aliphatic rings. The first kappa shape index (κ1) is 17.4. The fourth-order valence-corrected chi connectivity index (χ4v) is 4.22. The van der Waals surface area contributed by atoms with Gasteiger partial charge in [-0.1, -0.05) is 31.6 Å². The molecule has 2 nitrogen and oxygen atoms in total. The first-order chi connectivity index (χ1) is 9.91. The average Bonchev–Trinajstić information content (AvgIpc) is 2.43. The molecule has 3 heteroatoms. The van der Waals surface area contributed by atoms with Crippen LogP contribution in [0.3, 0.4) is 0 Å². The third kappa shape index (κ3) is 2.79. The maximum Gasteiger partial charge on any atom is 0.115 e. The molecule has 1 aromatic rings. The number of phenolic OH excluding ortho intramolecular Hbond substituents is 1. The highest BCUT2D eigenvalue weighted by Gasteiger charge is 2.48. The number of hydrogen-bond donors (Lipinski definition) is 1. The van der Waals surface area contributed by atoms with Crippen molar-refractivity contribution in [3.63, 3.8) is 0 Å². The smallest absolute Gasteiger partial charge is 0.115 e. The topological polar surface area (TPSA) is 23.5 Å².